The summed E-state index contributed by atoms with van der Waals surface area (Å²) in [4.78, 5) is 12.4. The van der Waals surface area contributed by atoms with Crippen LogP contribution in [-0.2, 0) is 4.79 Å². The Bertz CT molecular complexity index is 756. The summed E-state index contributed by atoms with van der Waals surface area (Å²) in [6.45, 7) is 12.2. The second-order valence-corrected chi connectivity index (χ2v) is 7.92. The van der Waals surface area contributed by atoms with Gasteiger partial charge in [0, 0.05) is 0 Å². The van der Waals surface area contributed by atoms with Gasteiger partial charge in [0.05, 0.1) is 5.41 Å². The van der Waals surface area contributed by atoms with Gasteiger partial charge in [0.1, 0.15) is 28.6 Å². The van der Waals surface area contributed by atoms with Gasteiger partial charge in [0.2, 0.25) is 0 Å². The van der Waals surface area contributed by atoms with Crippen LogP contribution >= 0.6 is 0 Å². The number of esters is 1. The standard InChI is InChI=1S/C24H32O4/c1-7-23(4,5)28-21-16-14-19(15-17-21)26-18-10-12-20(13-11-18)27-22(25)24(6,8-2)9-3/h10-17H,7-9H2,1-6H3. The Kier molecular flexibility index (Phi) is 7.11. The molecule has 0 atom stereocenters. The summed E-state index contributed by atoms with van der Waals surface area (Å²) >= 11 is 0. The molecular formula is C24H32O4. The lowest BCUT2D eigenvalue weighted by Gasteiger charge is -2.24. The highest BCUT2D eigenvalue weighted by Gasteiger charge is 2.31. The molecule has 2 aromatic rings. The molecule has 0 unspecified atom stereocenters. The fourth-order valence-corrected chi connectivity index (χ4v) is 2.45. The van der Waals surface area contributed by atoms with E-state index in [2.05, 4.69) is 20.8 Å². The van der Waals surface area contributed by atoms with Crippen LogP contribution in [0.3, 0.4) is 0 Å². The van der Waals surface area contributed by atoms with E-state index in [0.717, 1.165) is 30.8 Å². The highest BCUT2D eigenvalue weighted by molar-refractivity contribution is 5.78. The Hall–Kier alpha value is -2.49. The smallest absolute Gasteiger partial charge is 0.317 e. The lowest BCUT2D eigenvalue weighted by Crippen LogP contribution is -2.30. The fourth-order valence-electron chi connectivity index (χ4n) is 2.45. The van der Waals surface area contributed by atoms with Crippen molar-refractivity contribution in [2.75, 3.05) is 0 Å². The van der Waals surface area contributed by atoms with E-state index in [4.69, 9.17) is 14.2 Å². The summed E-state index contributed by atoms with van der Waals surface area (Å²) in [6.07, 6.45) is 2.43. The molecule has 28 heavy (non-hydrogen) atoms. The van der Waals surface area contributed by atoms with Gasteiger partial charge >= 0.3 is 5.97 Å². The average Bonchev–Trinajstić information content (AvgIpc) is 2.70. The van der Waals surface area contributed by atoms with Crippen molar-refractivity contribution in [3.8, 4) is 23.0 Å². The molecule has 0 spiro atoms. The molecule has 4 heteroatoms. The normalized spacial score (nSPS) is 11.8. The number of carbonyl (C=O) groups excluding carboxylic acids is 1. The fraction of sp³-hybridized carbons (Fsp3) is 0.458. The molecule has 0 amide bonds. The van der Waals surface area contributed by atoms with Gasteiger partial charge in [-0.05, 0) is 88.6 Å². The Morgan fingerprint density at radius 1 is 0.714 bits per heavy atom. The minimum absolute atomic E-state index is 0.193. The maximum absolute atomic E-state index is 12.4. The number of hydrogen-bond donors (Lipinski definition) is 0. The van der Waals surface area contributed by atoms with E-state index in [-0.39, 0.29) is 11.6 Å². The first-order chi connectivity index (χ1) is 13.2. The van der Waals surface area contributed by atoms with Crippen molar-refractivity contribution in [3.63, 3.8) is 0 Å². The van der Waals surface area contributed by atoms with Gasteiger partial charge in [-0.3, -0.25) is 4.79 Å². The zero-order chi connectivity index (χ0) is 20.8. The molecular weight excluding hydrogens is 352 g/mol. The van der Waals surface area contributed by atoms with Crippen molar-refractivity contribution >= 4 is 5.97 Å². The van der Waals surface area contributed by atoms with Gasteiger partial charge in [0.15, 0.2) is 0 Å². The Balaban J connectivity index is 1.98. The molecule has 0 radical (unpaired) electrons. The second-order valence-electron chi connectivity index (χ2n) is 7.92. The summed E-state index contributed by atoms with van der Waals surface area (Å²) in [7, 11) is 0. The Morgan fingerprint density at radius 3 is 1.57 bits per heavy atom. The minimum atomic E-state index is -0.453. The summed E-state index contributed by atoms with van der Waals surface area (Å²) in [5.74, 6) is 2.54. The zero-order valence-corrected chi connectivity index (χ0v) is 17.9. The predicted octanol–water partition coefficient (Wildman–Crippen LogP) is 6.78. The SMILES string of the molecule is CCC(C)(C)Oc1ccc(Oc2ccc(OC(=O)C(C)(CC)CC)cc2)cc1. The van der Waals surface area contributed by atoms with Gasteiger partial charge < -0.3 is 14.2 Å². The Morgan fingerprint density at radius 2 is 1.14 bits per heavy atom. The first-order valence-electron chi connectivity index (χ1n) is 10.0. The molecule has 0 saturated heterocycles. The summed E-state index contributed by atoms with van der Waals surface area (Å²) in [6, 6.07) is 14.6. The maximum Gasteiger partial charge on any atom is 0.317 e. The molecule has 0 aliphatic heterocycles. The van der Waals surface area contributed by atoms with Crippen molar-refractivity contribution in [2.24, 2.45) is 5.41 Å². The van der Waals surface area contributed by atoms with Gasteiger partial charge in [0.25, 0.3) is 0 Å². The highest BCUT2D eigenvalue weighted by atomic mass is 16.5. The number of rotatable bonds is 9. The van der Waals surface area contributed by atoms with Crippen molar-refractivity contribution in [1.29, 1.82) is 0 Å². The van der Waals surface area contributed by atoms with Crippen LogP contribution in [0.2, 0.25) is 0 Å². The molecule has 152 valence electrons. The van der Waals surface area contributed by atoms with E-state index in [0.29, 0.717) is 11.5 Å². The third-order valence-electron chi connectivity index (χ3n) is 5.39. The molecule has 0 N–H and O–H groups in total. The molecule has 2 aromatic carbocycles. The second kappa shape index (κ2) is 9.13. The van der Waals surface area contributed by atoms with E-state index >= 15 is 0 Å². The highest BCUT2D eigenvalue weighted by Crippen LogP contribution is 2.30. The van der Waals surface area contributed by atoms with Crippen molar-refractivity contribution in [2.45, 2.75) is 66.4 Å². The number of benzene rings is 2. The van der Waals surface area contributed by atoms with Gasteiger partial charge in [-0.25, -0.2) is 0 Å². The predicted molar refractivity (Wildman–Crippen MR) is 112 cm³/mol. The minimum Gasteiger partial charge on any atom is -0.488 e. The van der Waals surface area contributed by atoms with Crippen LogP contribution in [0.1, 0.15) is 60.8 Å². The van der Waals surface area contributed by atoms with E-state index < -0.39 is 5.41 Å². The first kappa shape index (κ1) is 21.8. The zero-order valence-electron chi connectivity index (χ0n) is 17.9. The van der Waals surface area contributed by atoms with Gasteiger partial charge in [-0.1, -0.05) is 20.8 Å². The van der Waals surface area contributed by atoms with Gasteiger partial charge in [-0.2, -0.15) is 0 Å². The van der Waals surface area contributed by atoms with Crippen molar-refractivity contribution in [3.05, 3.63) is 48.5 Å². The quantitative estimate of drug-likeness (QED) is 0.353. The van der Waals surface area contributed by atoms with E-state index in [1.807, 2.05) is 45.0 Å². The third kappa shape index (κ3) is 5.75. The average molecular weight is 385 g/mol. The molecule has 2 rings (SSSR count). The summed E-state index contributed by atoms with van der Waals surface area (Å²) in [5.41, 5.74) is -0.646. The van der Waals surface area contributed by atoms with E-state index in [1.165, 1.54) is 0 Å². The Labute approximate surface area is 168 Å². The molecule has 0 aliphatic carbocycles. The number of hydrogen-bond acceptors (Lipinski definition) is 4. The first-order valence-corrected chi connectivity index (χ1v) is 10.0. The van der Waals surface area contributed by atoms with Crippen LogP contribution in [0.25, 0.3) is 0 Å². The van der Waals surface area contributed by atoms with Crippen LogP contribution in [0.15, 0.2) is 48.5 Å². The van der Waals surface area contributed by atoms with E-state index in [9.17, 15) is 4.79 Å². The summed E-state index contributed by atoms with van der Waals surface area (Å²) in [5, 5.41) is 0. The molecule has 0 fully saturated rings. The maximum atomic E-state index is 12.4. The van der Waals surface area contributed by atoms with Crippen LogP contribution in [0, 0.1) is 5.41 Å². The van der Waals surface area contributed by atoms with E-state index in [1.54, 1.807) is 24.3 Å². The third-order valence-corrected chi connectivity index (χ3v) is 5.39. The molecule has 0 bridgehead atoms. The lowest BCUT2D eigenvalue weighted by molar-refractivity contribution is -0.145. The molecule has 0 heterocycles. The molecule has 4 nitrogen and oxygen atoms in total. The lowest BCUT2D eigenvalue weighted by atomic mass is 9.85. The summed E-state index contributed by atoms with van der Waals surface area (Å²) < 4.78 is 17.3. The van der Waals surface area contributed by atoms with Crippen molar-refractivity contribution < 1.29 is 19.0 Å². The van der Waals surface area contributed by atoms with Crippen LogP contribution in [-0.4, -0.2) is 11.6 Å². The topological polar surface area (TPSA) is 44.8 Å². The number of carbonyl (C=O) groups is 1. The largest absolute Gasteiger partial charge is 0.488 e. The molecule has 0 saturated carbocycles. The van der Waals surface area contributed by atoms with Gasteiger partial charge in [-0.15, -0.1) is 0 Å². The van der Waals surface area contributed by atoms with Crippen LogP contribution < -0.4 is 14.2 Å². The molecule has 0 aliphatic rings. The number of ether oxygens (including phenoxy) is 3. The van der Waals surface area contributed by atoms with Crippen LogP contribution in [0.4, 0.5) is 0 Å². The molecule has 0 aromatic heterocycles. The monoisotopic (exact) mass is 384 g/mol. The van der Waals surface area contributed by atoms with Crippen molar-refractivity contribution in [1.82, 2.24) is 0 Å². The van der Waals surface area contributed by atoms with Crippen LogP contribution in [0.5, 0.6) is 23.0 Å².